The number of benzene rings is 2. The van der Waals surface area contributed by atoms with Crippen LogP contribution in [0.15, 0.2) is 48.8 Å². The van der Waals surface area contributed by atoms with Crippen LogP contribution in [0.2, 0.25) is 5.02 Å². The fourth-order valence-electron chi connectivity index (χ4n) is 2.66. The van der Waals surface area contributed by atoms with Gasteiger partial charge in [0.05, 0.1) is 12.1 Å². The highest BCUT2D eigenvalue weighted by Gasteiger charge is 2.12. The molecule has 3 aromatic rings. The predicted molar refractivity (Wildman–Crippen MR) is 104 cm³/mol. The number of methoxy groups -OCH3 is 1. The van der Waals surface area contributed by atoms with Gasteiger partial charge in [0.1, 0.15) is 36.9 Å². The zero-order chi connectivity index (χ0) is 18.6. The van der Waals surface area contributed by atoms with E-state index in [1.54, 1.807) is 25.3 Å². The maximum atomic E-state index is 6.16. The molecule has 2 heterocycles. The Bertz CT molecular complexity index is 967. The smallest absolute Gasteiger partial charge is 0.163 e. The number of anilines is 4. The number of hydrogen-bond donors (Lipinski definition) is 2. The molecule has 0 aliphatic carbocycles. The van der Waals surface area contributed by atoms with Crippen LogP contribution in [0.3, 0.4) is 0 Å². The first-order valence-corrected chi connectivity index (χ1v) is 8.68. The Morgan fingerprint density at radius 1 is 0.889 bits per heavy atom. The Hall–Kier alpha value is -3.19. The minimum Gasteiger partial charge on any atom is -0.495 e. The number of halogens is 1. The van der Waals surface area contributed by atoms with Crippen molar-refractivity contribution in [3.05, 3.63) is 53.8 Å². The van der Waals surface area contributed by atoms with Crippen molar-refractivity contribution >= 4 is 34.6 Å². The molecule has 2 N–H and O–H groups in total. The van der Waals surface area contributed by atoms with E-state index in [0.717, 1.165) is 17.1 Å². The molecular formula is C19H17ClN4O3. The molecule has 4 rings (SSSR count). The fraction of sp³-hybridized carbons (Fsp3) is 0.158. The van der Waals surface area contributed by atoms with Crippen molar-refractivity contribution in [2.45, 2.75) is 0 Å². The fourth-order valence-corrected chi connectivity index (χ4v) is 2.91. The number of rotatable bonds is 5. The normalized spacial score (nSPS) is 12.4. The van der Waals surface area contributed by atoms with E-state index in [1.165, 1.54) is 6.33 Å². The van der Waals surface area contributed by atoms with E-state index in [9.17, 15) is 0 Å². The van der Waals surface area contributed by atoms with E-state index < -0.39 is 0 Å². The second-order valence-electron chi connectivity index (χ2n) is 5.75. The molecule has 7 nitrogen and oxygen atoms in total. The molecule has 1 aromatic heterocycles. The van der Waals surface area contributed by atoms with Gasteiger partial charge in [-0.3, -0.25) is 0 Å². The average molecular weight is 385 g/mol. The second kappa shape index (κ2) is 7.59. The molecule has 8 heteroatoms. The van der Waals surface area contributed by atoms with Crippen LogP contribution in [0, 0.1) is 0 Å². The van der Waals surface area contributed by atoms with Crippen LogP contribution in [-0.2, 0) is 0 Å². The summed E-state index contributed by atoms with van der Waals surface area (Å²) in [5.74, 6) is 3.35. The van der Waals surface area contributed by atoms with Crippen LogP contribution in [-0.4, -0.2) is 30.3 Å². The Morgan fingerprint density at radius 2 is 1.56 bits per heavy atom. The molecule has 0 saturated carbocycles. The molecular weight excluding hydrogens is 368 g/mol. The molecule has 138 valence electrons. The van der Waals surface area contributed by atoms with Gasteiger partial charge in [-0.1, -0.05) is 11.6 Å². The van der Waals surface area contributed by atoms with Crippen molar-refractivity contribution < 1.29 is 14.2 Å². The van der Waals surface area contributed by atoms with E-state index in [2.05, 4.69) is 20.6 Å². The Labute approximate surface area is 161 Å². The largest absolute Gasteiger partial charge is 0.495 e. The third kappa shape index (κ3) is 3.98. The van der Waals surface area contributed by atoms with Gasteiger partial charge in [-0.25, -0.2) is 9.97 Å². The lowest BCUT2D eigenvalue weighted by Crippen LogP contribution is -2.15. The summed E-state index contributed by atoms with van der Waals surface area (Å²) in [5.41, 5.74) is 1.64. The summed E-state index contributed by atoms with van der Waals surface area (Å²) >= 11 is 6.16. The van der Waals surface area contributed by atoms with Crippen molar-refractivity contribution in [3.63, 3.8) is 0 Å². The topological polar surface area (TPSA) is 77.5 Å². The molecule has 0 atom stereocenters. The molecule has 0 fully saturated rings. The minimum atomic E-state index is 0.520. The van der Waals surface area contributed by atoms with Crippen LogP contribution >= 0.6 is 11.6 Å². The summed E-state index contributed by atoms with van der Waals surface area (Å²) in [4.78, 5) is 8.49. The molecule has 0 unspecified atom stereocenters. The zero-order valence-electron chi connectivity index (χ0n) is 14.5. The molecule has 0 amide bonds. The van der Waals surface area contributed by atoms with Gasteiger partial charge in [0.15, 0.2) is 11.5 Å². The highest BCUT2D eigenvalue weighted by atomic mass is 35.5. The molecule has 0 saturated heterocycles. The minimum absolute atomic E-state index is 0.520. The molecule has 0 bridgehead atoms. The standard InChI is InChI=1S/C19H17ClN4O3/c1-25-15-4-2-12(8-14(15)20)23-18-10-19(22-11-21-18)24-13-3-5-16-17(9-13)27-7-6-26-16/h2-5,8-11H,6-7H2,1H3,(H2,21,22,23,24). The Morgan fingerprint density at radius 3 is 2.26 bits per heavy atom. The number of nitrogens with one attached hydrogen (secondary N) is 2. The summed E-state index contributed by atoms with van der Waals surface area (Å²) < 4.78 is 16.3. The van der Waals surface area contributed by atoms with Crippen LogP contribution in [0.4, 0.5) is 23.0 Å². The van der Waals surface area contributed by atoms with E-state index in [1.807, 2.05) is 24.3 Å². The average Bonchev–Trinajstić information content (AvgIpc) is 2.68. The summed E-state index contributed by atoms with van der Waals surface area (Å²) in [6, 6.07) is 12.9. The van der Waals surface area contributed by atoms with Gasteiger partial charge in [0.25, 0.3) is 0 Å². The van der Waals surface area contributed by atoms with Crippen molar-refractivity contribution in [3.8, 4) is 17.2 Å². The van der Waals surface area contributed by atoms with E-state index >= 15 is 0 Å². The summed E-state index contributed by atoms with van der Waals surface area (Å²) in [6.07, 6.45) is 1.48. The lowest BCUT2D eigenvalue weighted by molar-refractivity contribution is 0.171. The van der Waals surface area contributed by atoms with Crippen LogP contribution in [0.25, 0.3) is 0 Å². The quantitative estimate of drug-likeness (QED) is 0.675. The van der Waals surface area contributed by atoms with Crippen LogP contribution < -0.4 is 24.8 Å². The lowest BCUT2D eigenvalue weighted by atomic mass is 10.2. The van der Waals surface area contributed by atoms with E-state index in [0.29, 0.717) is 41.4 Å². The molecule has 0 radical (unpaired) electrons. The maximum Gasteiger partial charge on any atom is 0.163 e. The predicted octanol–water partition coefficient (Wildman–Crippen LogP) is 4.40. The first-order chi connectivity index (χ1) is 13.2. The summed E-state index contributed by atoms with van der Waals surface area (Å²) in [7, 11) is 1.58. The first-order valence-electron chi connectivity index (χ1n) is 8.30. The molecule has 27 heavy (non-hydrogen) atoms. The zero-order valence-corrected chi connectivity index (χ0v) is 15.3. The molecule has 2 aromatic carbocycles. The third-order valence-corrected chi connectivity index (χ3v) is 4.20. The number of nitrogens with zero attached hydrogens (tertiary/aromatic N) is 2. The number of hydrogen-bond acceptors (Lipinski definition) is 7. The molecule has 1 aliphatic rings. The van der Waals surface area contributed by atoms with Crippen LogP contribution in [0.5, 0.6) is 17.2 Å². The molecule has 0 spiro atoms. The van der Waals surface area contributed by atoms with Gasteiger partial charge in [0.2, 0.25) is 0 Å². The maximum absolute atomic E-state index is 6.16. The Balaban J connectivity index is 1.50. The third-order valence-electron chi connectivity index (χ3n) is 3.91. The highest BCUT2D eigenvalue weighted by molar-refractivity contribution is 6.32. The van der Waals surface area contributed by atoms with Gasteiger partial charge in [-0.15, -0.1) is 0 Å². The van der Waals surface area contributed by atoms with Gasteiger partial charge in [0, 0.05) is 23.5 Å². The Kier molecular flexibility index (Phi) is 4.84. The highest BCUT2D eigenvalue weighted by Crippen LogP contribution is 2.33. The SMILES string of the molecule is COc1ccc(Nc2cc(Nc3ccc4c(c3)OCCO4)ncn2)cc1Cl. The summed E-state index contributed by atoms with van der Waals surface area (Å²) in [5, 5.41) is 6.95. The van der Waals surface area contributed by atoms with E-state index in [4.69, 9.17) is 25.8 Å². The van der Waals surface area contributed by atoms with Crippen molar-refractivity contribution in [2.24, 2.45) is 0 Å². The van der Waals surface area contributed by atoms with Crippen LogP contribution in [0.1, 0.15) is 0 Å². The van der Waals surface area contributed by atoms with Crippen molar-refractivity contribution in [1.29, 1.82) is 0 Å². The number of fused-ring (bicyclic) bond motifs is 1. The van der Waals surface area contributed by atoms with Gasteiger partial charge in [-0.2, -0.15) is 0 Å². The lowest BCUT2D eigenvalue weighted by Gasteiger charge is -2.19. The molecule has 1 aliphatic heterocycles. The monoisotopic (exact) mass is 384 g/mol. The van der Waals surface area contributed by atoms with Gasteiger partial charge < -0.3 is 24.8 Å². The number of aromatic nitrogens is 2. The van der Waals surface area contributed by atoms with E-state index in [-0.39, 0.29) is 0 Å². The van der Waals surface area contributed by atoms with Crippen molar-refractivity contribution in [1.82, 2.24) is 9.97 Å². The number of ether oxygens (including phenoxy) is 3. The second-order valence-corrected chi connectivity index (χ2v) is 6.15. The van der Waals surface area contributed by atoms with Gasteiger partial charge in [-0.05, 0) is 30.3 Å². The van der Waals surface area contributed by atoms with Gasteiger partial charge >= 0.3 is 0 Å². The first kappa shape index (κ1) is 17.2. The van der Waals surface area contributed by atoms with Crippen molar-refractivity contribution in [2.75, 3.05) is 31.0 Å². The summed E-state index contributed by atoms with van der Waals surface area (Å²) in [6.45, 7) is 1.11.